The Hall–Kier alpha value is -1.58. The first-order valence-electron chi connectivity index (χ1n) is 3.59. The monoisotopic (exact) mass is 168 g/mol. The molecule has 1 aromatic heterocycles. The molecule has 4 heteroatoms. The van der Waals surface area contributed by atoms with Crippen LogP contribution in [0.4, 0.5) is 4.79 Å². The van der Waals surface area contributed by atoms with Crippen LogP contribution >= 0.6 is 0 Å². The zero-order valence-electron chi connectivity index (χ0n) is 6.51. The van der Waals surface area contributed by atoms with E-state index in [1.165, 1.54) is 0 Å². The van der Waals surface area contributed by atoms with Crippen LogP contribution in [0.3, 0.4) is 0 Å². The average molecular weight is 168 g/mol. The fourth-order valence-corrected chi connectivity index (χ4v) is 0.822. The minimum atomic E-state index is -1.23. The zero-order valence-corrected chi connectivity index (χ0v) is 6.51. The Balaban J connectivity index is 2.29. The van der Waals surface area contributed by atoms with Crippen molar-refractivity contribution in [1.29, 1.82) is 0 Å². The van der Waals surface area contributed by atoms with E-state index in [4.69, 9.17) is 5.11 Å². The number of ether oxygens (including phenoxy) is 1. The maximum atomic E-state index is 9.96. The lowest BCUT2D eigenvalue weighted by molar-refractivity contribution is -0.697. The predicted octanol–water partition coefficient (Wildman–Crippen LogP) is 0.669. The van der Waals surface area contributed by atoms with Crippen LogP contribution in [0.2, 0.25) is 0 Å². The lowest BCUT2D eigenvalue weighted by Gasteiger charge is -1.95. The minimum absolute atomic E-state index is 0.185. The summed E-state index contributed by atoms with van der Waals surface area (Å²) in [7, 11) is 0. The molecule has 64 valence electrons. The fraction of sp³-hybridized carbons (Fsp3) is 0.250. The second kappa shape index (κ2) is 4.33. The van der Waals surface area contributed by atoms with E-state index in [1.807, 2.05) is 35.2 Å². The molecule has 0 radical (unpaired) electrons. The highest BCUT2D eigenvalue weighted by atomic mass is 16.7. The molecule has 1 heterocycles. The molecule has 1 aromatic rings. The van der Waals surface area contributed by atoms with Crippen molar-refractivity contribution >= 4 is 6.16 Å². The summed E-state index contributed by atoms with van der Waals surface area (Å²) in [5.41, 5.74) is 0. The van der Waals surface area contributed by atoms with Gasteiger partial charge in [-0.25, -0.2) is 9.36 Å². The molecule has 0 bridgehead atoms. The molecule has 0 saturated carbocycles. The van der Waals surface area contributed by atoms with Gasteiger partial charge in [-0.05, 0) is 0 Å². The smallest absolute Gasteiger partial charge is 0.450 e. The van der Waals surface area contributed by atoms with Crippen molar-refractivity contribution in [3.8, 4) is 0 Å². The van der Waals surface area contributed by atoms with Crippen molar-refractivity contribution in [3.05, 3.63) is 30.6 Å². The van der Waals surface area contributed by atoms with Crippen molar-refractivity contribution in [2.75, 3.05) is 6.61 Å². The number of carboxylic acid groups (broad SMARTS) is 1. The van der Waals surface area contributed by atoms with Crippen LogP contribution in [-0.2, 0) is 11.3 Å². The molecule has 4 nitrogen and oxygen atoms in total. The third-order valence-corrected chi connectivity index (χ3v) is 1.35. The number of pyridine rings is 1. The molecule has 0 atom stereocenters. The molecule has 0 aliphatic rings. The van der Waals surface area contributed by atoms with Gasteiger partial charge in [0.25, 0.3) is 0 Å². The van der Waals surface area contributed by atoms with Gasteiger partial charge in [-0.1, -0.05) is 6.07 Å². The Morgan fingerprint density at radius 3 is 2.58 bits per heavy atom. The van der Waals surface area contributed by atoms with Crippen LogP contribution in [-0.4, -0.2) is 17.9 Å². The van der Waals surface area contributed by atoms with Crippen LogP contribution < -0.4 is 4.57 Å². The molecule has 0 fully saturated rings. The Kier molecular flexibility index (Phi) is 3.07. The summed E-state index contributed by atoms with van der Waals surface area (Å²) < 4.78 is 6.19. The molecular formula is C8H10NO3+. The molecule has 0 aliphatic heterocycles. The van der Waals surface area contributed by atoms with E-state index in [0.29, 0.717) is 6.54 Å². The standard InChI is InChI=1S/C8H9NO3/c10-8(11)12-7-6-9-4-2-1-3-5-9/h1-5H,6-7H2/p+1. The van der Waals surface area contributed by atoms with Gasteiger partial charge in [-0.3, -0.25) is 0 Å². The van der Waals surface area contributed by atoms with E-state index in [2.05, 4.69) is 4.74 Å². The Bertz CT molecular complexity index is 248. The quantitative estimate of drug-likeness (QED) is 0.533. The maximum absolute atomic E-state index is 9.96. The summed E-state index contributed by atoms with van der Waals surface area (Å²) in [6.07, 6.45) is 2.47. The van der Waals surface area contributed by atoms with Gasteiger partial charge in [0.05, 0.1) is 0 Å². The Labute approximate surface area is 70.0 Å². The summed E-state index contributed by atoms with van der Waals surface area (Å²) in [4.78, 5) is 9.96. The van der Waals surface area contributed by atoms with E-state index < -0.39 is 6.16 Å². The van der Waals surface area contributed by atoms with Crippen LogP contribution in [0.1, 0.15) is 0 Å². The maximum Gasteiger partial charge on any atom is 0.505 e. The topological polar surface area (TPSA) is 50.4 Å². The lowest BCUT2D eigenvalue weighted by Crippen LogP contribution is -2.35. The van der Waals surface area contributed by atoms with E-state index in [9.17, 15) is 4.79 Å². The molecule has 12 heavy (non-hydrogen) atoms. The van der Waals surface area contributed by atoms with Gasteiger partial charge in [0, 0.05) is 12.1 Å². The van der Waals surface area contributed by atoms with Crippen LogP contribution in [0.5, 0.6) is 0 Å². The van der Waals surface area contributed by atoms with Crippen LogP contribution in [0.25, 0.3) is 0 Å². The summed E-state index contributed by atoms with van der Waals surface area (Å²) >= 11 is 0. The summed E-state index contributed by atoms with van der Waals surface area (Å²) in [5, 5.41) is 8.16. The third-order valence-electron chi connectivity index (χ3n) is 1.35. The second-order valence-corrected chi connectivity index (χ2v) is 2.23. The first-order valence-corrected chi connectivity index (χ1v) is 3.59. The van der Waals surface area contributed by atoms with Crippen molar-refractivity contribution in [2.45, 2.75) is 6.54 Å². The molecule has 0 aliphatic carbocycles. The van der Waals surface area contributed by atoms with Gasteiger partial charge in [-0.15, -0.1) is 0 Å². The highest BCUT2D eigenvalue weighted by Crippen LogP contribution is 1.79. The normalized spacial score (nSPS) is 9.33. The Morgan fingerprint density at radius 1 is 1.33 bits per heavy atom. The van der Waals surface area contributed by atoms with Gasteiger partial charge < -0.3 is 9.84 Å². The molecule has 0 spiro atoms. The SMILES string of the molecule is O=C(O)OCC[n+]1ccccc1. The van der Waals surface area contributed by atoms with E-state index in [-0.39, 0.29) is 6.61 Å². The van der Waals surface area contributed by atoms with Crippen molar-refractivity contribution in [2.24, 2.45) is 0 Å². The van der Waals surface area contributed by atoms with Crippen molar-refractivity contribution in [1.82, 2.24) is 0 Å². The fourth-order valence-electron chi connectivity index (χ4n) is 0.822. The van der Waals surface area contributed by atoms with Crippen molar-refractivity contribution in [3.63, 3.8) is 0 Å². The van der Waals surface area contributed by atoms with Crippen LogP contribution in [0.15, 0.2) is 30.6 Å². The predicted molar refractivity (Wildman–Crippen MR) is 40.6 cm³/mol. The molecule has 0 aromatic carbocycles. The lowest BCUT2D eigenvalue weighted by atomic mass is 10.5. The van der Waals surface area contributed by atoms with E-state index >= 15 is 0 Å². The number of rotatable bonds is 3. The van der Waals surface area contributed by atoms with Gasteiger partial charge in [0.2, 0.25) is 0 Å². The number of carbonyl (C=O) groups is 1. The summed E-state index contributed by atoms with van der Waals surface area (Å²) in [6.45, 7) is 0.733. The number of hydrogen-bond acceptors (Lipinski definition) is 2. The molecule has 1 rings (SSSR count). The molecular weight excluding hydrogens is 158 g/mol. The minimum Gasteiger partial charge on any atom is -0.450 e. The first-order chi connectivity index (χ1) is 5.79. The summed E-state index contributed by atoms with van der Waals surface area (Å²) in [6, 6.07) is 5.65. The largest absolute Gasteiger partial charge is 0.505 e. The van der Waals surface area contributed by atoms with E-state index in [1.54, 1.807) is 0 Å². The molecule has 0 amide bonds. The van der Waals surface area contributed by atoms with E-state index in [0.717, 1.165) is 0 Å². The van der Waals surface area contributed by atoms with Crippen molar-refractivity contribution < 1.29 is 19.2 Å². The molecule has 1 N–H and O–H groups in total. The summed E-state index contributed by atoms with van der Waals surface area (Å²) in [5.74, 6) is 0. The molecule has 0 unspecified atom stereocenters. The van der Waals surface area contributed by atoms with Gasteiger partial charge in [0.1, 0.15) is 0 Å². The third kappa shape index (κ3) is 3.01. The van der Waals surface area contributed by atoms with Gasteiger partial charge in [-0.2, -0.15) is 0 Å². The first kappa shape index (κ1) is 8.52. The highest BCUT2D eigenvalue weighted by molar-refractivity contribution is 5.56. The number of nitrogens with zero attached hydrogens (tertiary/aromatic N) is 1. The number of aromatic nitrogens is 1. The zero-order chi connectivity index (χ0) is 8.81. The van der Waals surface area contributed by atoms with Gasteiger partial charge >= 0.3 is 6.16 Å². The average Bonchev–Trinajstić information content (AvgIpc) is 2.05. The molecule has 0 saturated heterocycles. The van der Waals surface area contributed by atoms with Crippen LogP contribution in [0, 0.1) is 0 Å². The highest BCUT2D eigenvalue weighted by Gasteiger charge is 2.00. The second-order valence-electron chi connectivity index (χ2n) is 2.23. The Morgan fingerprint density at radius 2 is 2.00 bits per heavy atom. The number of hydrogen-bond donors (Lipinski definition) is 1. The van der Waals surface area contributed by atoms with Gasteiger partial charge in [0.15, 0.2) is 25.5 Å².